The molecule has 0 saturated heterocycles. The smallest absolute Gasteiger partial charge is 0.171 e. The van der Waals surface area contributed by atoms with E-state index in [0.717, 1.165) is 25.7 Å². The Balaban J connectivity index is 2.24. The summed E-state index contributed by atoms with van der Waals surface area (Å²) in [4.78, 5) is 17.1. The Bertz CT molecular complexity index is 477. The molecule has 4 heteroatoms. The lowest BCUT2D eigenvalue weighted by Crippen LogP contribution is -2.38. The van der Waals surface area contributed by atoms with Crippen LogP contribution in [0.5, 0.6) is 5.75 Å². The summed E-state index contributed by atoms with van der Waals surface area (Å²) < 4.78 is 5.64. The third-order valence-corrected chi connectivity index (χ3v) is 4.28. The molecule has 0 aliphatic heterocycles. The number of ether oxygens (including phenoxy) is 1. The molecule has 0 spiro atoms. The van der Waals surface area contributed by atoms with Crippen molar-refractivity contribution in [2.75, 3.05) is 6.54 Å². The Hall–Kier alpha value is -1.42. The van der Waals surface area contributed by atoms with Gasteiger partial charge in [-0.2, -0.15) is 0 Å². The first kappa shape index (κ1) is 16.0. The number of Topliss-reactive ketones (excluding diaryl/α,β-unsaturated/α-hetero) is 1. The van der Waals surface area contributed by atoms with Crippen LogP contribution in [0.15, 0.2) is 18.5 Å². The van der Waals surface area contributed by atoms with Crippen LogP contribution in [-0.4, -0.2) is 23.4 Å². The van der Waals surface area contributed by atoms with Gasteiger partial charge in [-0.05, 0) is 32.8 Å². The Morgan fingerprint density at radius 1 is 1.29 bits per heavy atom. The average Bonchev–Trinajstić information content (AvgIpc) is 2.72. The maximum Gasteiger partial charge on any atom is 0.171 e. The summed E-state index contributed by atoms with van der Waals surface area (Å²) in [6.07, 6.45) is 9.69. The minimum Gasteiger partial charge on any atom is -0.489 e. The van der Waals surface area contributed by atoms with Crippen LogP contribution in [0.3, 0.4) is 0 Å². The number of nitrogens with zero attached hydrogens (tertiary/aromatic N) is 1. The van der Waals surface area contributed by atoms with Gasteiger partial charge in [0.25, 0.3) is 0 Å². The topological polar surface area (TPSA) is 65.2 Å². The van der Waals surface area contributed by atoms with Crippen molar-refractivity contribution in [1.29, 1.82) is 0 Å². The number of rotatable bonds is 5. The second kappa shape index (κ2) is 7.03. The largest absolute Gasteiger partial charge is 0.489 e. The van der Waals surface area contributed by atoms with Crippen LogP contribution in [0.25, 0.3) is 0 Å². The molecule has 0 bridgehead atoms. The molecule has 2 N–H and O–H groups in total. The Morgan fingerprint density at radius 2 is 1.95 bits per heavy atom. The standard InChI is InChI=1S/C17H26N2O2/c1-13(2)21-15-9-14(10-19-11-15)16(20)17(12-18)7-5-3-4-6-8-17/h9-11,13H,3-8,12,18H2,1-2H3. The molecule has 1 heterocycles. The van der Waals surface area contributed by atoms with E-state index in [-0.39, 0.29) is 11.9 Å². The van der Waals surface area contributed by atoms with Crippen molar-refractivity contribution in [3.63, 3.8) is 0 Å². The average molecular weight is 290 g/mol. The van der Waals surface area contributed by atoms with E-state index in [1.54, 1.807) is 18.5 Å². The normalized spacial score (nSPS) is 18.3. The highest BCUT2D eigenvalue weighted by molar-refractivity contribution is 6.00. The van der Waals surface area contributed by atoms with Crippen LogP contribution in [0.4, 0.5) is 0 Å². The van der Waals surface area contributed by atoms with Gasteiger partial charge in [0.2, 0.25) is 0 Å². The summed E-state index contributed by atoms with van der Waals surface area (Å²) in [5, 5.41) is 0. The molecule has 1 aromatic rings. The van der Waals surface area contributed by atoms with Crippen molar-refractivity contribution in [2.45, 2.75) is 58.5 Å². The third-order valence-electron chi connectivity index (χ3n) is 4.28. The lowest BCUT2D eigenvalue weighted by molar-refractivity contribution is 0.0773. The van der Waals surface area contributed by atoms with Crippen LogP contribution in [0.2, 0.25) is 0 Å². The van der Waals surface area contributed by atoms with E-state index in [9.17, 15) is 4.79 Å². The van der Waals surface area contributed by atoms with Crippen molar-refractivity contribution >= 4 is 5.78 Å². The first-order valence-corrected chi connectivity index (χ1v) is 7.94. The van der Waals surface area contributed by atoms with Gasteiger partial charge in [-0.25, -0.2) is 0 Å². The predicted molar refractivity (Wildman–Crippen MR) is 83.5 cm³/mol. The Morgan fingerprint density at radius 3 is 2.52 bits per heavy atom. The molecule has 0 aromatic carbocycles. The van der Waals surface area contributed by atoms with Gasteiger partial charge in [-0.15, -0.1) is 0 Å². The fourth-order valence-electron chi connectivity index (χ4n) is 3.12. The highest BCUT2D eigenvalue weighted by Gasteiger charge is 2.37. The highest BCUT2D eigenvalue weighted by atomic mass is 16.5. The predicted octanol–water partition coefficient (Wildman–Crippen LogP) is 3.35. The monoisotopic (exact) mass is 290 g/mol. The number of hydrogen-bond acceptors (Lipinski definition) is 4. The number of aromatic nitrogens is 1. The van der Waals surface area contributed by atoms with Gasteiger partial charge in [0.05, 0.1) is 12.3 Å². The van der Waals surface area contributed by atoms with Gasteiger partial charge in [-0.1, -0.05) is 25.7 Å². The van der Waals surface area contributed by atoms with Gasteiger partial charge in [0, 0.05) is 23.7 Å². The van der Waals surface area contributed by atoms with Crippen LogP contribution >= 0.6 is 0 Å². The van der Waals surface area contributed by atoms with Crippen LogP contribution < -0.4 is 10.5 Å². The van der Waals surface area contributed by atoms with Crippen LogP contribution in [-0.2, 0) is 0 Å². The van der Waals surface area contributed by atoms with Crippen LogP contribution in [0, 0.1) is 5.41 Å². The number of carbonyl (C=O) groups excluding carboxylic acids is 1. The lowest BCUT2D eigenvalue weighted by Gasteiger charge is -2.29. The summed E-state index contributed by atoms with van der Waals surface area (Å²) in [5.74, 6) is 0.783. The zero-order valence-corrected chi connectivity index (χ0v) is 13.1. The molecule has 0 radical (unpaired) electrons. The summed E-state index contributed by atoms with van der Waals surface area (Å²) in [7, 11) is 0. The van der Waals surface area contributed by atoms with Gasteiger partial charge >= 0.3 is 0 Å². The number of hydrogen-bond donors (Lipinski definition) is 1. The molecule has 0 unspecified atom stereocenters. The van der Waals surface area contributed by atoms with Gasteiger partial charge in [-0.3, -0.25) is 9.78 Å². The summed E-state index contributed by atoms with van der Waals surface area (Å²) >= 11 is 0. The Kier molecular flexibility index (Phi) is 5.34. The molecule has 21 heavy (non-hydrogen) atoms. The van der Waals surface area contributed by atoms with E-state index in [1.165, 1.54) is 12.8 Å². The highest BCUT2D eigenvalue weighted by Crippen LogP contribution is 2.37. The minimum atomic E-state index is -0.408. The van der Waals surface area contributed by atoms with E-state index in [2.05, 4.69) is 4.98 Å². The van der Waals surface area contributed by atoms with Gasteiger partial charge in [0.15, 0.2) is 5.78 Å². The van der Waals surface area contributed by atoms with Crippen molar-refractivity contribution in [2.24, 2.45) is 11.1 Å². The minimum absolute atomic E-state index is 0.0681. The fourth-order valence-corrected chi connectivity index (χ4v) is 3.12. The van der Waals surface area contributed by atoms with E-state index < -0.39 is 5.41 Å². The number of ketones is 1. The van der Waals surface area contributed by atoms with Crippen molar-refractivity contribution in [3.05, 3.63) is 24.0 Å². The number of pyridine rings is 1. The zero-order valence-electron chi connectivity index (χ0n) is 13.1. The second-order valence-electron chi connectivity index (χ2n) is 6.30. The van der Waals surface area contributed by atoms with Gasteiger partial charge in [0.1, 0.15) is 5.75 Å². The first-order valence-electron chi connectivity index (χ1n) is 7.94. The molecule has 1 fully saturated rings. The van der Waals surface area contributed by atoms with E-state index in [4.69, 9.17) is 10.5 Å². The molecule has 1 aromatic heterocycles. The van der Waals surface area contributed by atoms with Gasteiger partial charge < -0.3 is 10.5 Å². The first-order chi connectivity index (χ1) is 10.1. The molecule has 1 aliphatic carbocycles. The lowest BCUT2D eigenvalue weighted by atomic mass is 9.74. The summed E-state index contributed by atoms with van der Waals surface area (Å²) in [6.45, 7) is 4.34. The SMILES string of the molecule is CC(C)Oc1cncc(C(=O)C2(CN)CCCCCC2)c1. The number of carbonyl (C=O) groups is 1. The molecule has 1 saturated carbocycles. The fraction of sp³-hybridized carbons (Fsp3) is 0.647. The van der Waals surface area contributed by atoms with Crippen molar-refractivity contribution in [1.82, 2.24) is 4.98 Å². The molecular formula is C17H26N2O2. The molecular weight excluding hydrogens is 264 g/mol. The summed E-state index contributed by atoms with van der Waals surface area (Å²) in [6, 6.07) is 1.80. The molecule has 4 nitrogen and oxygen atoms in total. The third kappa shape index (κ3) is 3.82. The molecule has 1 aliphatic rings. The quantitative estimate of drug-likeness (QED) is 0.667. The molecule has 0 amide bonds. The molecule has 2 rings (SSSR count). The summed E-state index contributed by atoms with van der Waals surface area (Å²) in [5.41, 5.74) is 6.21. The number of nitrogens with two attached hydrogens (primary N) is 1. The van der Waals surface area contributed by atoms with Crippen LogP contribution in [0.1, 0.15) is 62.7 Å². The maximum atomic E-state index is 13.0. The zero-order chi connectivity index (χ0) is 15.3. The maximum absolute atomic E-state index is 13.0. The van der Waals surface area contributed by atoms with E-state index in [1.807, 2.05) is 13.8 Å². The van der Waals surface area contributed by atoms with E-state index >= 15 is 0 Å². The van der Waals surface area contributed by atoms with Crippen molar-refractivity contribution in [3.8, 4) is 5.75 Å². The van der Waals surface area contributed by atoms with Crippen molar-refractivity contribution < 1.29 is 9.53 Å². The second-order valence-corrected chi connectivity index (χ2v) is 6.30. The van der Waals surface area contributed by atoms with E-state index in [0.29, 0.717) is 17.9 Å². The molecule has 0 atom stereocenters. The Labute approximate surface area is 127 Å². The molecule has 116 valence electrons.